The van der Waals surface area contributed by atoms with E-state index in [4.69, 9.17) is 4.74 Å². The van der Waals surface area contributed by atoms with Crippen LogP contribution in [0, 0.1) is 6.92 Å². The summed E-state index contributed by atoms with van der Waals surface area (Å²) in [6.07, 6.45) is 0.946. The molecule has 1 aromatic carbocycles. The molecular formula is C19H29N3O3. The number of nitrogens with one attached hydrogen (secondary N) is 2. The summed E-state index contributed by atoms with van der Waals surface area (Å²) in [6.45, 7) is 8.97. The third-order valence-electron chi connectivity index (χ3n) is 4.20. The Hall–Kier alpha value is -2.08. The van der Waals surface area contributed by atoms with Gasteiger partial charge in [0.15, 0.2) is 0 Å². The summed E-state index contributed by atoms with van der Waals surface area (Å²) in [6, 6.07) is 7.83. The smallest absolute Gasteiger partial charge is 0.247 e. The van der Waals surface area contributed by atoms with E-state index < -0.39 is 5.54 Å². The van der Waals surface area contributed by atoms with Crippen molar-refractivity contribution in [2.45, 2.75) is 39.2 Å². The van der Waals surface area contributed by atoms with Crippen molar-refractivity contribution < 1.29 is 14.3 Å². The van der Waals surface area contributed by atoms with E-state index in [1.165, 1.54) is 0 Å². The minimum Gasteiger partial charge on any atom is -0.494 e. The normalized spacial score (nSPS) is 14.9. The van der Waals surface area contributed by atoms with E-state index in [9.17, 15) is 9.59 Å². The molecule has 2 amide bonds. The van der Waals surface area contributed by atoms with Gasteiger partial charge in [-0.2, -0.15) is 0 Å². The Kier molecular flexibility index (Phi) is 6.82. The van der Waals surface area contributed by atoms with Crippen LogP contribution >= 0.6 is 0 Å². The highest BCUT2D eigenvalue weighted by Crippen LogP contribution is 2.13. The predicted octanol–water partition coefficient (Wildman–Crippen LogP) is 1.48. The van der Waals surface area contributed by atoms with Gasteiger partial charge in [0, 0.05) is 32.6 Å². The second-order valence-corrected chi connectivity index (χ2v) is 6.98. The number of rotatable bonds is 7. The summed E-state index contributed by atoms with van der Waals surface area (Å²) < 4.78 is 5.65. The van der Waals surface area contributed by atoms with Crippen LogP contribution in [0.25, 0.3) is 0 Å². The van der Waals surface area contributed by atoms with Crippen molar-refractivity contribution in [1.82, 2.24) is 15.5 Å². The van der Waals surface area contributed by atoms with Crippen molar-refractivity contribution in [2.75, 3.05) is 32.8 Å². The van der Waals surface area contributed by atoms with Gasteiger partial charge in [-0.3, -0.25) is 9.59 Å². The van der Waals surface area contributed by atoms with Crippen LogP contribution in [0.15, 0.2) is 24.3 Å². The second-order valence-electron chi connectivity index (χ2n) is 6.98. The van der Waals surface area contributed by atoms with Crippen molar-refractivity contribution in [3.63, 3.8) is 0 Å². The molecule has 1 fully saturated rings. The zero-order valence-electron chi connectivity index (χ0n) is 15.4. The summed E-state index contributed by atoms with van der Waals surface area (Å²) >= 11 is 0. The fraction of sp³-hybridized carbons (Fsp3) is 0.579. The molecule has 0 unspecified atom stereocenters. The van der Waals surface area contributed by atoms with E-state index in [0.717, 1.165) is 24.4 Å². The standard InChI is InChI=1S/C19H29N3O3/c1-15-6-4-7-16(14-15)25-13-5-8-17(23)21-19(2,3)18(24)22-11-9-20-10-12-22/h4,6-7,14,20H,5,8-13H2,1-3H3,(H,21,23). The highest BCUT2D eigenvalue weighted by Gasteiger charge is 2.33. The van der Waals surface area contributed by atoms with Crippen molar-refractivity contribution in [1.29, 1.82) is 0 Å². The first-order chi connectivity index (χ1) is 11.9. The van der Waals surface area contributed by atoms with Gasteiger partial charge in [0.05, 0.1) is 6.61 Å². The largest absolute Gasteiger partial charge is 0.494 e. The average molecular weight is 347 g/mol. The van der Waals surface area contributed by atoms with Gasteiger partial charge in [0.1, 0.15) is 11.3 Å². The lowest BCUT2D eigenvalue weighted by Crippen LogP contribution is -2.59. The Bertz CT molecular complexity index is 595. The number of hydrogen-bond acceptors (Lipinski definition) is 4. The zero-order valence-corrected chi connectivity index (χ0v) is 15.4. The Labute approximate surface area is 149 Å². The van der Waals surface area contributed by atoms with Crippen LogP contribution in [0.4, 0.5) is 0 Å². The van der Waals surface area contributed by atoms with E-state index >= 15 is 0 Å². The van der Waals surface area contributed by atoms with E-state index in [-0.39, 0.29) is 11.8 Å². The predicted molar refractivity (Wildman–Crippen MR) is 97.6 cm³/mol. The summed E-state index contributed by atoms with van der Waals surface area (Å²) in [7, 11) is 0. The van der Waals surface area contributed by atoms with Crippen LogP contribution in [-0.2, 0) is 9.59 Å². The average Bonchev–Trinajstić information content (AvgIpc) is 2.58. The van der Waals surface area contributed by atoms with Gasteiger partial charge in [0.25, 0.3) is 0 Å². The summed E-state index contributed by atoms with van der Waals surface area (Å²) in [4.78, 5) is 26.5. The minimum atomic E-state index is -0.883. The monoisotopic (exact) mass is 347 g/mol. The topological polar surface area (TPSA) is 70.7 Å². The summed E-state index contributed by atoms with van der Waals surface area (Å²) in [5, 5.41) is 6.07. The SMILES string of the molecule is Cc1cccc(OCCCC(=O)NC(C)(C)C(=O)N2CCNCC2)c1. The van der Waals surface area contributed by atoms with Gasteiger partial charge in [-0.05, 0) is 44.9 Å². The molecule has 0 saturated carbocycles. The second kappa shape index (κ2) is 8.85. The maximum absolute atomic E-state index is 12.6. The maximum atomic E-state index is 12.6. The van der Waals surface area contributed by atoms with E-state index in [2.05, 4.69) is 10.6 Å². The third-order valence-corrected chi connectivity index (χ3v) is 4.20. The fourth-order valence-electron chi connectivity index (χ4n) is 2.86. The highest BCUT2D eigenvalue weighted by atomic mass is 16.5. The molecule has 2 rings (SSSR count). The maximum Gasteiger partial charge on any atom is 0.247 e. The zero-order chi connectivity index (χ0) is 18.3. The first-order valence-electron chi connectivity index (χ1n) is 8.89. The van der Waals surface area contributed by atoms with Crippen molar-refractivity contribution in [3.05, 3.63) is 29.8 Å². The van der Waals surface area contributed by atoms with Crippen LogP contribution in [0.2, 0.25) is 0 Å². The van der Waals surface area contributed by atoms with Crippen LogP contribution < -0.4 is 15.4 Å². The number of benzene rings is 1. The van der Waals surface area contributed by atoms with Gasteiger partial charge < -0.3 is 20.3 Å². The van der Waals surface area contributed by atoms with Gasteiger partial charge in [-0.25, -0.2) is 0 Å². The van der Waals surface area contributed by atoms with Crippen LogP contribution in [-0.4, -0.2) is 55.0 Å². The van der Waals surface area contributed by atoms with Crippen molar-refractivity contribution in [2.24, 2.45) is 0 Å². The molecule has 0 radical (unpaired) electrons. The van der Waals surface area contributed by atoms with Crippen molar-refractivity contribution in [3.8, 4) is 5.75 Å². The molecule has 138 valence electrons. The minimum absolute atomic E-state index is 0.0293. The quantitative estimate of drug-likeness (QED) is 0.733. The molecule has 1 aliphatic rings. The molecule has 6 nitrogen and oxygen atoms in total. The number of hydrogen-bond donors (Lipinski definition) is 2. The van der Waals surface area contributed by atoms with Crippen LogP contribution in [0.3, 0.4) is 0 Å². The van der Waals surface area contributed by atoms with Gasteiger partial charge in [0.2, 0.25) is 11.8 Å². The molecule has 25 heavy (non-hydrogen) atoms. The van der Waals surface area contributed by atoms with Gasteiger partial charge >= 0.3 is 0 Å². The number of piperazine rings is 1. The number of carbonyl (C=O) groups excluding carboxylic acids is 2. The molecule has 0 aliphatic carbocycles. The molecule has 1 saturated heterocycles. The summed E-state index contributed by atoms with van der Waals surface area (Å²) in [5.74, 6) is 0.661. The van der Waals surface area contributed by atoms with Gasteiger partial charge in [-0.1, -0.05) is 12.1 Å². The first kappa shape index (κ1) is 19.2. The molecule has 0 atom stereocenters. The molecule has 0 aromatic heterocycles. The third kappa shape index (κ3) is 6.05. The summed E-state index contributed by atoms with van der Waals surface area (Å²) in [5.41, 5.74) is 0.259. The van der Waals surface area contributed by atoms with Crippen LogP contribution in [0.5, 0.6) is 5.75 Å². The number of nitrogens with zero attached hydrogens (tertiary/aromatic N) is 1. The number of amides is 2. The fourth-order valence-corrected chi connectivity index (χ4v) is 2.86. The molecule has 1 aromatic rings. The molecule has 1 aliphatic heterocycles. The first-order valence-corrected chi connectivity index (χ1v) is 8.89. The Morgan fingerprint density at radius 1 is 1.28 bits per heavy atom. The Balaban J connectivity index is 1.72. The van der Waals surface area contributed by atoms with E-state index in [1.54, 1.807) is 18.7 Å². The molecule has 6 heteroatoms. The molecule has 0 spiro atoms. The number of carbonyl (C=O) groups is 2. The Morgan fingerprint density at radius 3 is 2.68 bits per heavy atom. The molecule has 2 N–H and O–H groups in total. The van der Waals surface area contributed by atoms with Crippen LogP contribution in [0.1, 0.15) is 32.3 Å². The lowest BCUT2D eigenvalue weighted by atomic mass is 10.0. The molecule has 0 bridgehead atoms. The number of ether oxygens (including phenoxy) is 1. The van der Waals surface area contributed by atoms with E-state index in [1.807, 2.05) is 31.2 Å². The Morgan fingerprint density at radius 2 is 2.00 bits per heavy atom. The molecule has 1 heterocycles. The lowest BCUT2D eigenvalue weighted by molar-refractivity contribution is -0.141. The highest BCUT2D eigenvalue weighted by molar-refractivity contribution is 5.90. The molecular weight excluding hydrogens is 318 g/mol. The van der Waals surface area contributed by atoms with Crippen molar-refractivity contribution >= 4 is 11.8 Å². The number of aryl methyl sites for hydroxylation is 1. The van der Waals surface area contributed by atoms with E-state index in [0.29, 0.717) is 32.5 Å². The lowest BCUT2D eigenvalue weighted by Gasteiger charge is -2.35. The van der Waals surface area contributed by atoms with Gasteiger partial charge in [-0.15, -0.1) is 0 Å².